The fourth-order valence-electron chi connectivity index (χ4n) is 1.52. The molecule has 2 rings (SSSR count). The van der Waals surface area contributed by atoms with E-state index in [4.69, 9.17) is 18.0 Å². The van der Waals surface area contributed by atoms with Crippen molar-refractivity contribution >= 4 is 28.8 Å². The molecule has 7 heteroatoms. The first-order valence-corrected chi connectivity index (χ1v) is 5.77. The molecule has 0 aliphatic rings. The van der Waals surface area contributed by atoms with Gasteiger partial charge >= 0.3 is 0 Å². The van der Waals surface area contributed by atoms with Gasteiger partial charge in [0.25, 0.3) is 5.91 Å². The van der Waals surface area contributed by atoms with Gasteiger partial charge in [-0.25, -0.2) is 9.37 Å². The third kappa shape index (κ3) is 2.94. The number of carbonyl (C=O) groups excluding carboxylic acids is 1. The number of hydrogen-bond acceptors (Lipinski definition) is 3. The van der Waals surface area contributed by atoms with Crippen molar-refractivity contribution in [1.82, 2.24) is 9.55 Å². The number of benzene rings is 1. The van der Waals surface area contributed by atoms with Crippen molar-refractivity contribution in [1.29, 1.82) is 0 Å². The van der Waals surface area contributed by atoms with E-state index in [0.29, 0.717) is 5.69 Å². The van der Waals surface area contributed by atoms with E-state index in [1.54, 1.807) is 17.8 Å². The maximum absolute atomic E-state index is 13.4. The SMILES string of the molecule is Cn1cnc(C(=O)Nc2ccc(F)c(C(N)=S)c2)c1. The van der Waals surface area contributed by atoms with E-state index in [-0.39, 0.29) is 22.2 Å². The Balaban J connectivity index is 2.22. The average molecular weight is 278 g/mol. The Bertz CT molecular complexity index is 653. The number of nitrogens with two attached hydrogens (primary N) is 1. The van der Waals surface area contributed by atoms with Crippen LogP contribution in [0, 0.1) is 5.82 Å². The lowest BCUT2D eigenvalue weighted by molar-refractivity contribution is 0.102. The highest BCUT2D eigenvalue weighted by molar-refractivity contribution is 7.80. The molecule has 3 N–H and O–H groups in total. The quantitative estimate of drug-likeness (QED) is 0.833. The molecular weight excluding hydrogens is 267 g/mol. The van der Waals surface area contributed by atoms with Crippen LogP contribution in [0.25, 0.3) is 0 Å². The van der Waals surface area contributed by atoms with Gasteiger partial charge in [0.1, 0.15) is 16.5 Å². The monoisotopic (exact) mass is 278 g/mol. The molecule has 0 aliphatic carbocycles. The van der Waals surface area contributed by atoms with E-state index >= 15 is 0 Å². The minimum atomic E-state index is -0.525. The fourth-order valence-corrected chi connectivity index (χ4v) is 1.67. The number of thiocarbonyl (C=S) groups is 1. The molecule has 0 atom stereocenters. The molecule has 98 valence electrons. The van der Waals surface area contributed by atoms with Gasteiger partial charge in [0, 0.05) is 24.5 Å². The van der Waals surface area contributed by atoms with Gasteiger partial charge in [-0.2, -0.15) is 0 Å². The molecule has 0 radical (unpaired) electrons. The second kappa shape index (κ2) is 5.15. The number of amides is 1. The molecular formula is C12H11FN4OS. The molecule has 1 aromatic heterocycles. The average Bonchev–Trinajstić information content (AvgIpc) is 2.78. The Labute approximate surface area is 114 Å². The Morgan fingerprint density at radius 1 is 1.53 bits per heavy atom. The van der Waals surface area contributed by atoms with Crippen LogP contribution in [0.5, 0.6) is 0 Å². The third-order valence-electron chi connectivity index (χ3n) is 2.43. The molecule has 5 nitrogen and oxygen atoms in total. The fraction of sp³-hybridized carbons (Fsp3) is 0.0833. The minimum absolute atomic E-state index is 0.0635. The second-order valence-corrected chi connectivity index (χ2v) is 4.38. The lowest BCUT2D eigenvalue weighted by Crippen LogP contribution is -2.15. The molecule has 0 bridgehead atoms. The number of halogens is 1. The molecule has 0 aliphatic heterocycles. The van der Waals surface area contributed by atoms with Crippen LogP contribution in [0.3, 0.4) is 0 Å². The number of rotatable bonds is 3. The van der Waals surface area contributed by atoms with Gasteiger partial charge < -0.3 is 15.6 Å². The summed E-state index contributed by atoms with van der Waals surface area (Å²) in [5, 5.41) is 2.60. The first kappa shape index (κ1) is 13.2. The van der Waals surface area contributed by atoms with Crippen molar-refractivity contribution in [3.8, 4) is 0 Å². The molecule has 0 unspecified atom stereocenters. The Kier molecular flexibility index (Phi) is 3.57. The van der Waals surface area contributed by atoms with Gasteiger partial charge in [-0.05, 0) is 18.2 Å². The van der Waals surface area contributed by atoms with Gasteiger partial charge in [0.2, 0.25) is 0 Å². The maximum Gasteiger partial charge on any atom is 0.275 e. The predicted molar refractivity (Wildman–Crippen MR) is 73.4 cm³/mol. The van der Waals surface area contributed by atoms with E-state index in [9.17, 15) is 9.18 Å². The number of nitrogens with one attached hydrogen (secondary N) is 1. The molecule has 0 saturated carbocycles. The number of aryl methyl sites for hydroxylation is 1. The largest absolute Gasteiger partial charge is 0.389 e. The molecule has 1 amide bonds. The summed E-state index contributed by atoms with van der Waals surface area (Å²) >= 11 is 4.73. The maximum atomic E-state index is 13.4. The summed E-state index contributed by atoms with van der Waals surface area (Å²) < 4.78 is 15.0. The van der Waals surface area contributed by atoms with E-state index in [0.717, 1.165) is 0 Å². The molecule has 1 aromatic carbocycles. The van der Waals surface area contributed by atoms with E-state index in [1.807, 2.05) is 0 Å². The summed E-state index contributed by atoms with van der Waals surface area (Å²) in [6, 6.07) is 4.01. The van der Waals surface area contributed by atoms with Crippen LogP contribution in [0.1, 0.15) is 16.1 Å². The molecule has 19 heavy (non-hydrogen) atoms. The summed E-state index contributed by atoms with van der Waals surface area (Å²) in [5.41, 5.74) is 6.15. The highest BCUT2D eigenvalue weighted by Crippen LogP contribution is 2.15. The number of nitrogens with zero attached hydrogens (tertiary/aromatic N) is 2. The van der Waals surface area contributed by atoms with Crippen LogP contribution in [0.4, 0.5) is 10.1 Å². The lowest BCUT2D eigenvalue weighted by Gasteiger charge is -2.06. The van der Waals surface area contributed by atoms with Crippen LogP contribution < -0.4 is 11.1 Å². The summed E-state index contributed by atoms with van der Waals surface area (Å²) in [4.78, 5) is 15.7. The van der Waals surface area contributed by atoms with E-state index < -0.39 is 5.82 Å². The lowest BCUT2D eigenvalue weighted by atomic mass is 10.2. The van der Waals surface area contributed by atoms with E-state index in [2.05, 4.69) is 10.3 Å². The van der Waals surface area contributed by atoms with Crippen molar-refractivity contribution in [3.05, 3.63) is 47.8 Å². The van der Waals surface area contributed by atoms with Crippen molar-refractivity contribution in [2.24, 2.45) is 12.8 Å². The smallest absolute Gasteiger partial charge is 0.275 e. The van der Waals surface area contributed by atoms with Gasteiger partial charge in [-0.3, -0.25) is 4.79 Å². The summed E-state index contributed by atoms with van der Waals surface area (Å²) in [6.07, 6.45) is 3.09. The van der Waals surface area contributed by atoms with Crippen molar-refractivity contribution in [2.75, 3.05) is 5.32 Å². The third-order valence-corrected chi connectivity index (χ3v) is 2.65. The summed E-state index contributed by atoms with van der Waals surface area (Å²) in [7, 11) is 1.76. The predicted octanol–water partition coefficient (Wildman–Crippen LogP) is 1.45. The molecule has 0 spiro atoms. The van der Waals surface area contributed by atoms with E-state index in [1.165, 1.54) is 24.5 Å². The van der Waals surface area contributed by atoms with Crippen LogP contribution >= 0.6 is 12.2 Å². The van der Waals surface area contributed by atoms with Gasteiger partial charge in [0.15, 0.2) is 0 Å². The first-order chi connectivity index (χ1) is 8.97. The first-order valence-electron chi connectivity index (χ1n) is 5.36. The number of hydrogen-bond donors (Lipinski definition) is 2. The van der Waals surface area contributed by atoms with Gasteiger partial charge in [0.05, 0.1) is 6.33 Å². The zero-order valence-corrected chi connectivity index (χ0v) is 10.9. The van der Waals surface area contributed by atoms with Crippen molar-refractivity contribution < 1.29 is 9.18 Å². The highest BCUT2D eigenvalue weighted by atomic mass is 32.1. The van der Waals surface area contributed by atoms with Crippen LogP contribution in [-0.4, -0.2) is 20.4 Å². The number of anilines is 1. The normalized spacial score (nSPS) is 10.2. The zero-order chi connectivity index (χ0) is 14.0. The van der Waals surface area contributed by atoms with Gasteiger partial charge in [-0.15, -0.1) is 0 Å². The van der Waals surface area contributed by atoms with Crippen molar-refractivity contribution in [3.63, 3.8) is 0 Å². The van der Waals surface area contributed by atoms with Gasteiger partial charge in [-0.1, -0.05) is 12.2 Å². The molecule has 1 heterocycles. The minimum Gasteiger partial charge on any atom is -0.389 e. The Morgan fingerprint density at radius 2 is 2.26 bits per heavy atom. The van der Waals surface area contributed by atoms with Crippen LogP contribution in [0.15, 0.2) is 30.7 Å². The topological polar surface area (TPSA) is 72.9 Å². The summed E-state index contributed by atoms with van der Waals surface area (Å²) in [6.45, 7) is 0. The summed E-state index contributed by atoms with van der Waals surface area (Å²) in [5.74, 6) is -0.913. The van der Waals surface area contributed by atoms with Crippen LogP contribution in [0.2, 0.25) is 0 Å². The Hall–Kier alpha value is -2.28. The Morgan fingerprint density at radius 3 is 2.84 bits per heavy atom. The number of aromatic nitrogens is 2. The number of imidazole rings is 1. The second-order valence-electron chi connectivity index (χ2n) is 3.94. The zero-order valence-electron chi connectivity index (χ0n) is 10.1. The highest BCUT2D eigenvalue weighted by Gasteiger charge is 2.11. The van der Waals surface area contributed by atoms with Crippen molar-refractivity contribution in [2.45, 2.75) is 0 Å². The number of carbonyl (C=O) groups is 1. The standard InChI is InChI=1S/C12H11FN4OS/c1-17-5-10(15-6-17)12(18)16-7-2-3-9(13)8(4-7)11(14)19/h2-6H,1H3,(H2,14,19)(H,16,18). The van der Waals surface area contributed by atoms with Crippen LogP contribution in [-0.2, 0) is 7.05 Å². The molecule has 0 saturated heterocycles. The molecule has 2 aromatic rings. The molecule has 0 fully saturated rings.